The van der Waals surface area contributed by atoms with Gasteiger partial charge in [0.05, 0.1) is 0 Å². The van der Waals surface area contributed by atoms with E-state index in [0.29, 0.717) is 19.3 Å². The molecule has 0 aromatic heterocycles. The standard InChI is InChI=1S/C73H134O6/c1-4-7-10-13-16-19-22-25-28-31-33-35-36-37-38-40-42-45-48-51-54-57-60-63-66-72(75)78-69-70(68-77-71(74)65-62-59-56-53-50-47-44-41-30-27-24-21-18-15-12-9-6-3)79-73(76)67-64-61-58-55-52-49-46-43-39-34-32-29-26-23-20-17-14-11-8-5-2/h9,12,18,21,27,30,44,47,70H,4-8,10-11,13-17,19-20,22-26,28-29,31-43,45-46,48-69H2,1-3H3/b12-9-,21-18-,30-27-,47-44-. The van der Waals surface area contributed by atoms with Crippen LogP contribution in [0.4, 0.5) is 0 Å². The molecule has 0 aromatic carbocycles. The molecule has 79 heavy (non-hydrogen) atoms. The zero-order chi connectivity index (χ0) is 57.1. The van der Waals surface area contributed by atoms with Crippen LogP contribution in [0.5, 0.6) is 0 Å². The minimum absolute atomic E-state index is 0.0756. The molecular weight excluding hydrogens is 973 g/mol. The predicted octanol–water partition coefficient (Wildman–Crippen LogP) is 24.1. The van der Waals surface area contributed by atoms with Crippen LogP contribution in [0.25, 0.3) is 0 Å². The summed E-state index contributed by atoms with van der Waals surface area (Å²) < 4.78 is 17.0. The van der Waals surface area contributed by atoms with E-state index in [9.17, 15) is 14.4 Å². The van der Waals surface area contributed by atoms with Gasteiger partial charge in [-0.25, -0.2) is 0 Å². The Kier molecular flexibility index (Phi) is 65.6. The summed E-state index contributed by atoms with van der Waals surface area (Å²) in [4.78, 5) is 38.4. The van der Waals surface area contributed by atoms with Crippen molar-refractivity contribution in [3.63, 3.8) is 0 Å². The number of esters is 3. The third kappa shape index (κ3) is 66.1. The molecule has 0 aliphatic carbocycles. The summed E-state index contributed by atoms with van der Waals surface area (Å²) >= 11 is 0. The smallest absolute Gasteiger partial charge is 0.306 e. The van der Waals surface area contributed by atoms with Crippen molar-refractivity contribution in [2.24, 2.45) is 0 Å². The predicted molar refractivity (Wildman–Crippen MR) is 344 cm³/mol. The van der Waals surface area contributed by atoms with Gasteiger partial charge < -0.3 is 14.2 Å². The molecule has 0 heterocycles. The van der Waals surface area contributed by atoms with E-state index in [1.54, 1.807) is 0 Å². The van der Waals surface area contributed by atoms with Gasteiger partial charge in [0.2, 0.25) is 0 Å². The van der Waals surface area contributed by atoms with Gasteiger partial charge in [-0.2, -0.15) is 0 Å². The van der Waals surface area contributed by atoms with E-state index in [0.717, 1.165) is 96.3 Å². The molecule has 0 amide bonds. The Morgan fingerprint density at radius 3 is 0.772 bits per heavy atom. The van der Waals surface area contributed by atoms with Crippen molar-refractivity contribution in [3.8, 4) is 0 Å². The number of hydrogen-bond acceptors (Lipinski definition) is 6. The summed E-state index contributed by atoms with van der Waals surface area (Å²) in [6.07, 6.45) is 85.7. The first-order chi connectivity index (χ1) is 39.0. The Bertz CT molecular complexity index is 1360. The molecule has 0 saturated heterocycles. The van der Waals surface area contributed by atoms with E-state index in [1.165, 1.54) is 244 Å². The van der Waals surface area contributed by atoms with Crippen LogP contribution in [0.2, 0.25) is 0 Å². The molecule has 0 spiro atoms. The average Bonchev–Trinajstić information content (AvgIpc) is 3.45. The first-order valence-corrected chi connectivity index (χ1v) is 35.1. The lowest BCUT2D eigenvalue weighted by Crippen LogP contribution is -2.30. The summed E-state index contributed by atoms with van der Waals surface area (Å²) in [6.45, 7) is 6.59. The van der Waals surface area contributed by atoms with E-state index in [2.05, 4.69) is 69.4 Å². The van der Waals surface area contributed by atoms with E-state index in [-0.39, 0.29) is 31.1 Å². The summed E-state index contributed by atoms with van der Waals surface area (Å²) in [6, 6.07) is 0. The molecule has 0 fully saturated rings. The van der Waals surface area contributed by atoms with Crippen molar-refractivity contribution in [2.75, 3.05) is 13.2 Å². The van der Waals surface area contributed by atoms with Gasteiger partial charge in [-0.05, 0) is 57.8 Å². The third-order valence-corrected chi connectivity index (χ3v) is 15.8. The monoisotopic (exact) mass is 1110 g/mol. The Hall–Kier alpha value is -2.63. The Morgan fingerprint density at radius 2 is 0.494 bits per heavy atom. The van der Waals surface area contributed by atoms with Crippen molar-refractivity contribution in [2.45, 2.75) is 386 Å². The SMILES string of the molecule is CC/C=C\C/C=C\C/C=C\C/C=C\CCCCCCC(=O)OCC(COC(=O)CCCCCCCCCCCCCCCCCCCCCCCCCC)OC(=O)CCCCCCCCCCCCCCCCCCCCCC. The lowest BCUT2D eigenvalue weighted by atomic mass is 10.0. The lowest BCUT2D eigenvalue weighted by Gasteiger charge is -2.18. The second-order valence-corrected chi connectivity index (χ2v) is 23.8. The molecule has 0 saturated carbocycles. The number of rotatable bonds is 65. The van der Waals surface area contributed by atoms with Crippen LogP contribution >= 0.6 is 0 Å². The number of unbranched alkanes of at least 4 members (excludes halogenated alkanes) is 46. The summed E-state index contributed by atoms with van der Waals surface area (Å²) in [7, 11) is 0. The minimum Gasteiger partial charge on any atom is -0.462 e. The van der Waals surface area contributed by atoms with Crippen LogP contribution in [-0.2, 0) is 28.6 Å². The third-order valence-electron chi connectivity index (χ3n) is 15.8. The first kappa shape index (κ1) is 76.4. The maximum Gasteiger partial charge on any atom is 0.306 e. The summed E-state index contributed by atoms with van der Waals surface area (Å²) in [5.41, 5.74) is 0. The highest BCUT2D eigenvalue weighted by molar-refractivity contribution is 5.71. The largest absolute Gasteiger partial charge is 0.462 e. The fraction of sp³-hybridized carbons (Fsp3) is 0.849. The summed E-state index contributed by atoms with van der Waals surface area (Å²) in [5.74, 6) is -0.871. The second kappa shape index (κ2) is 67.9. The highest BCUT2D eigenvalue weighted by atomic mass is 16.6. The van der Waals surface area contributed by atoms with Gasteiger partial charge in [-0.1, -0.05) is 352 Å². The van der Waals surface area contributed by atoms with Crippen molar-refractivity contribution in [3.05, 3.63) is 48.6 Å². The number of carbonyl (C=O) groups excluding carboxylic acids is 3. The lowest BCUT2D eigenvalue weighted by molar-refractivity contribution is -0.167. The maximum absolute atomic E-state index is 13.0. The van der Waals surface area contributed by atoms with Crippen LogP contribution in [0.3, 0.4) is 0 Å². The molecule has 0 radical (unpaired) electrons. The van der Waals surface area contributed by atoms with Crippen LogP contribution in [0.15, 0.2) is 48.6 Å². The van der Waals surface area contributed by atoms with Gasteiger partial charge in [-0.3, -0.25) is 14.4 Å². The second-order valence-electron chi connectivity index (χ2n) is 23.8. The quantitative estimate of drug-likeness (QED) is 0.0261. The Balaban J connectivity index is 4.31. The highest BCUT2D eigenvalue weighted by Crippen LogP contribution is 2.19. The van der Waals surface area contributed by atoms with Crippen LogP contribution in [0.1, 0.15) is 380 Å². The van der Waals surface area contributed by atoms with Crippen molar-refractivity contribution in [1.82, 2.24) is 0 Å². The van der Waals surface area contributed by atoms with Gasteiger partial charge in [0.1, 0.15) is 13.2 Å². The Morgan fingerprint density at radius 1 is 0.266 bits per heavy atom. The fourth-order valence-corrected chi connectivity index (χ4v) is 10.6. The summed E-state index contributed by atoms with van der Waals surface area (Å²) in [5, 5.41) is 0. The Labute approximate surface area is 492 Å². The molecule has 0 N–H and O–H groups in total. The number of carbonyl (C=O) groups is 3. The number of ether oxygens (including phenoxy) is 3. The van der Waals surface area contributed by atoms with Gasteiger partial charge in [0.15, 0.2) is 6.10 Å². The van der Waals surface area contributed by atoms with E-state index in [1.807, 2.05) is 0 Å². The van der Waals surface area contributed by atoms with E-state index >= 15 is 0 Å². The molecule has 1 unspecified atom stereocenters. The topological polar surface area (TPSA) is 78.9 Å². The highest BCUT2D eigenvalue weighted by Gasteiger charge is 2.19. The van der Waals surface area contributed by atoms with Crippen LogP contribution in [-0.4, -0.2) is 37.2 Å². The molecule has 462 valence electrons. The normalized spacial score (nSPS) is 12.3. The van der Waals surface area contributed by atoms with E-state index < -0.39 is 6.10 Å². The number of hydrogen-bond donors (Lipinski definition) is 0. The minimum atomic E-state index is -0.782. The van der Waals surface area contributed by atoms with Gasteiger partial charge in [0, 0.05) is 19.3 Å². The van der Waals surface area contributed by atoms with Crippen molar-refractivity contribution < 1.29 is 28.6 Å². The maximum atomic E-state index is 13.0. The molecule has 6 nitrogen and oxygen atoms in total. The molecular formula is C73H134O6. The van der Waals surface area contributed by atoms with Crippen molar-refractivity contribution >= 4 is 17.9 Å². The zero-order valence-electron chi connectivity index (χ0n) is 53.2. The molecule has 6 heteroatoms. The molecule has 0 rings (SSSR count). The van der Waals surface area contributed by atoms with Gasteiger partial charge in [0.25, 0.3) is 0 Å². The van der Waals surface area contributed by atoms with E-state index in [4.69, 9.17) is 14.2 Å². The van der Waals surface area contributed by atoms with Crippen LogP contribution < -0.4 is 0 Å². The fourth-order valence-electron chi connectivity index (χ4n) is 10.6. The average molecular weight is 1110 g/mol. The molecule has 0 bridgehead atoms. The molecule has 0 aromatic rings. The number of allylic oxidation sites excluding steroid dienone is 8. The molecule has 0 aliphatic heterocycles. The van der Waals surface area contributed by atoms with Gasteiger partial charge in [-0.15, -0.1) is 0 Å². The van der Waals surface area contributed by atoms with Gasteiger partial charge >= 0.3 is 17.9 Å². The molecule has 1 atom stereocenters. The first-order valence-electron chi connectivity index (χ1n) is 35.1. The zero-order valence-corrected chi connectivity index (χ0v) is 53.2. The van der Waals surface area contributed by atoms with Crippen LogP contribution in [0, 0.1) is 0 Å². The van der Waals surface area contributed by atoms with Crippen molar-refractivity contribution in [1.29, 1.82) is 0 Å². The molecule has 0 aliphatic rings.